The van der Waals surface area contributed by atoms with Gasteiger partial charge < -0.3 is 15.2 Å². The summed E-state index contributed by atoms with van der Waals surface area (Å²) < 4.78 is 10.9. The van der Waals surface area contributed by atoms with Crippen molar-refractivity contribution >= 4 is 21.7 Å². The first-order chi connectivity index (χ1) is 7.63. The van der Waals surface area contributed by atoms with Gasteiger partial charge in [0.15, 0.2) is 17.3 Å². The quantitative estimate of drug-likeness (QED) is 0.842. The molecule has 16 heavy (non-hydrogen) atoms. The lowest BCUT2D eigenvalue weighted by atomic mass is 10.1. The molecule has 0 amide bonds. The van der Waals surface area contributed by atoms with Crippen LogP contribution in [0.3, 0.4) is 0 Å². The van der Waals surface area contributed by atoms with Crippen molar-refractivity contribution in [3.63, 3.8) is 0 Å². The van der Waals surface area contributed by atoms with Gasteiger partial charge in [0, 0.05) is 16.5 Å². The van der Waals surface area contributed by atoms with E-state index in [0.29, 0.717) is 34.5 Å². The average Bonchev–Trinajstić information content (AvgIpc) is 2.28. The van der Waals surface area contributed by atoms with Crippen LogP contribution < -0.4 is 15.2 Å². The van der Waals surface area contributed by atoms with Gasteiger partial charge in [0.1, 0.15) is 0 Å². The maximum atomic E-state index is 11.7. The van der Waals surface area contributed by atoms with Crippen LogP contribution in [0, 0.1) is 0 Å². The van der Waals surface area contributed by atoms with Crippen molar-refractivity contribution in [2.75, 3.05) is 20.8 Å². The number of methoxy groups -OCH3 is 2. The van der Waals surface area contributed by atoms with Gasteiger partial charge in [0.25, 0.3) is 0 Å². The van der Waals surface area contributed by atoms with Crippen molar-refractivity contribution < 1.29 is 14.3 Å². The number of benzene rings is 1. The molecule has 0 spiro atoms. The summed E-state index contributed by atoms with van der Waals surface area (Å²) in [5, 5.41) is 0. The van der Waals surface area contributed by atoms with Crippen LogP contribution in [0.5, 0.6) is 11.5 Å². The van der Waals surface area contributed by atoms with Crippen molar-refractivity contribution in [3.8, 4) is 11.5 Å². The lowest BCUT2D eigenvalue weighted by Gasteiger charge is -2.10. The number of carbonyl (C=O) groups excluding carboxylic acids is 1. The number of rotatable bonds is 5. The van der Waals surface area contributed by atoms with E-state index in [1.54, 1.807) is 19.2 Å². The van der Waals surface area contributed by atoms with E-state index < -0.39 is 0 Å². The minimum absolute atomic E-state index is 0.0182. The predicted molar refractivity (Wildman–Crippen MR) is 65.2 cm³/mol. The predicted octanol–water partition coefficient (Wildman–Crippen LogP) is 2.00. The first-order valence-corrected chi connectivity index (χ1v) is 5.58. The first kappa shape index (κ1) is 13.0. The molecule has 0 aliphatic carbocycles. The van der Waals surface area contributed by atoms with E-state index in [0.717, 1.165) is 0 Å². The normalized spacial score (nSPS) is 10.0. The molecule has 1 rings (SSSR count). The molecule has 0 heterocycles. The molecule has 88 valence electrons. The maximum Gasteiger partial charge on any atom is 0.165 e. The van der Waals surface area contributed by atoms with Crippen molar-refractivity contribution in [1.82, 2.24) is 0 Å². The van der Waals surface area contributed by atoms with E-state index in [-0.39, 0.29) is 5.78 Å². The number of ketones is 1. The number of carbonyl (C=O) groups is 1. The van der Waals surface area contributed by atoms with E-state index in [4.69, 9.17) is 15.2 Å². The Morgan fingerprint density at radius 1 is 1.31 bits per heavy atom. The Labute approximate surface area is 103 Å². The molecule has 0 aliphatic heterocycles. The van der Waals surface area contributed by atoms with Crippen molar-refractivity contribution in [1.29, 1.82) is 0 Å². The molecule has 5 heteroatoms. The largest absolute Gasteiger partial charge is 0.493 e. The van der Waals surface area contributed by atoms with Crippen molar-refractivity contribution in [3.05, 3.63) is 22.2 Å². The molecule has 0 unspecified atom stereocenters. The molecule has 0 saturated carbocycles. The van der Waals surface area contributed by atoms with Crippen LogP contribution in [0.25, 0.3) is 0 Å². The Morgan fingerprint density at radius 2 is 1.88 bits per heavy atom. The highest BCUT2D eigenvalue weighted by atomic mass is 79.9. The summed E-state index contributed by atoms with van der Waals surface area (Å²) in [7, 11) is 3.08. The molecule has 0 aliphatic rings. The molecule has 4 nitrogen and oxygen atoms in total. The summed E-state index contributed by atoms with van der Waals surface area (Å²) in [5.74, 6) is 1.10. The minimum Gasteiger partial charge on any atom is -0.493 e. The number of Topliss-reactive ketones (excluding diaryl/α,β-unsaturated/α-hetero) is 1. The molecular weight excluding hydrogens is 274 g/mol. The van der Waals surface area contributed by atoms with Crippen LogP contribution in [0.4, 0.5) is 0 Å². The van der Waals surface area contributed by atoms with Crippen LogP contribution in [0.2, 0.25) is 0 Å². The SMILES string of the molecule is COc1cc(Br)c(C(=O)CCN)cc1OC. The topological polar surface area (TPSA) is 61.5 Å². The van der Waals surface area contributed by atoms with Crippen LogP contribution in [-0.2, 0) is 0 Å². The van der Waals surface area contributed by atoms with Gasteiger partial charge in [-0.3, -0.25) is 4.79 Å². The lowest BCUT2D eigenvalue weighted by molar-refractivity contribution is 0.0984. The molecular formula is C11H14BrNO3. The van der Waals surface area contributed by atoms with Gasteiger partial charge in [-0.05, 0) is 34.6 Å². The Balaban J connectivity index is 3.15. The third-order valence-electron chi connectivity index (χ3n) is 2.15. The molecule has 0 atom stereocenters. The number of hydrogen-bond donors (Lipinski definition) is 1. The van der Waals surface area contributed by atoms with E-state index in [1.165, 1.54) is 7.11 Å². The number of hydrogen-bond acceptors (Lipinski definition) is 4. The van der Waals surface area contributed by atoms with Gasteiger partial charge in [0.2, 0.25) is 0 Å². The molecule has 0 saturated heterocycles. The minimum atomic E-state index is -0.0182. The second-order valence-corrected chi connectivity index (χ2v) is 4.00. The van der Waals surface area contributed by atoms with Gasteiger partial charge in [-0.2, -0.15) is 0 Å². The van der Waals surface area contributed by atoms with Crippen LogP contribution in [0.1, 0.15) is 16.8 Å². The fraction of sp³-hybridized carbons (Fsp3) is 0.364. The van der Waals surface area contributed by atoms with Gasteiger partial charge in [-0.25, -0.2) is 0 Å². The highest BCUT2D eigenvalue weighted by Crippen LogP contribution is 2.33. The zero-order chi connectivity index (χ0) is 12.1. The summed E-state index contributed by atoms with van der Waals surface area (Å²) in [6, 6.07) is 3.36. The van der Waals surface area contributed by atoms with Gasteiger partial charge in [-0.1, -0.05) is 0 Å². The molecule has 2 N–H and O–H groups in total. The third kappa shape index (κ3) is 2.74. The monoisotopic (exact) mass is 287 g/mol. The Kier molecular flexibility index (Phi) is 4.76. The highest BCUT2D eigenvalue weighted by Gasteiger charge is 2.14. The zero-order valence-corrected chi connectivity index (χ0v) is 10.8. The van der Waals surface area contributed by atoms with Crippen molar-refractivity contribution in [2.24, 2.45) is 5.73 Å². The van der Waals surface area contributed by atoms with E-state index in [9.17, 15) is 4.79 Å². The summed E-state index contributed by atoms with van der Waals surface area (Å²) in [4.78, 5) is 11.7. The lowest BCUT2D eigenvalue weighted by Crippen LogP contribution is -2.09. The summed E-state index contributed by atoms with van der Waals surface area (Å²) >= 11 is 3.32. The first-order valence-electron chi connectivity index (χ1n) is 4.78. The van der Waals surface area contributed by atoms with Gasteiger partial charge in [-0.15, -0.1) is 0 Å². The van der Waals surface area contributed by atoms with Crippen LogP contribution >= 0.6 is 15.9 Å². The van der Waals surface area contributed by atoms with E-state index in [2.05, 4.69) is 15.9 Å². The molecule has 1 aromatic carbocycles. The molecule has 0 bridgehead atoms. The highest BCUT2D eigenvalue weighted by molar-refractivity contribution is 9.10. The van der Waals surface area contributed by atoms with E-state index >= 15 is 0 Å². The molecule has 0 radical (unpaired) electrons. The van der Waals surface area contributed by atoms with Crippen LogP contribution in [-0.4, -0.2) is 26.5 Å². The summed E-state index contributed by atoms with van der Waals surface area (Å²) in [6.45, 7) is 0.333. The molecule has 0 aromatic heterocycles. The average molecular weight is 288 g/mol. The van der Waals surface area contributed by atoms with Gasteiger partial charge in [0.05, 0.1) is 14.2 Å². The standard InChI is InChI=1S/C11H14BrNO3/c1-15-10-5-7(9(14)3-4-13)8(12)6-11(10)16-2/h5-6H,3-4,13H2,1-2H3. The zero-order valence-electron chi connectivity index (χ0n) is 9.25. The third-order valence-corrected chi connectivity index (χ3v) is 2.80. The Morgan fingerprint density at radius 3 is 2.38 bits per heavy atom. The fourth-order valence-corrected chi connectivity index (χ4v) is 1.88. The Hall–Kier alpha value is -1.07. The maximum absolute atomic E-state index is 11.7. The summed E-state index contributed by atoms with van der Waals surface area (Å²) in [5.41, 5.74) is 5.91. The van der Waals surface area contributed by atoms with Gasteiger partial charge >= 0.3 is 0 Å². The van der Waals surface area contributed by atoms with Crippen molar-refractivity contribution in [2.45, 2.75) is 6.42 Å². The molecule has 0 fully saturated rings. The second-order valence-electron chi connectivity index (χ2n) is 3.15. The number of ether oxygens (including phenoxy) is 2. The van der Waals surface area contributed by atoms with Crippen LogP contribution in [0.15, 0.2) is 16.6 Å². The second kappa shape index (κ2) is 5.86. The summed E-state index contributed by atoms with van der Waals surface area (Å²) in [6.07, 6.45) is 0.314. The Bertz CT molecular complexity index is 393. The molecule has 1 aromatic rings. The van der Waals surface area contributed by atoms with E-state index in [1.807, 2.05) is 0 Å². The fourth-order valence-electron chi connectivity index (χ4n) is 1.33. The number of nitrogens with two attached hydrogens (primary N) is 1. The smallest absolute Gasteiger partial charge is 0.165 e. The number of halogens is 1.